The Morgan fingerprint density at radius 2 is 2.56 bits per heavy atom. The lowest BCUT2D eigenvalue weighted by molar-refractivity contribution is 0.108. The summed E-state index contributed by atoms with van der Waals surface area (Å²) in [6, 6.07) is 0. The van der Waals surface area contributed by atoms with Crippen molar-refractivity contribution in [3.8, 4) is 0 Å². The fraction of sp³-hybridized carbons (Fsp3) is 0.600. The molecule has 0 aliphatic carbocycles. The minimum absolute atomic E-state index is 0.133. The Labute approximate surface area is 93.2 Å². The van der Waals surface area contributed by atoms with Crippen molar-refractivity contribution in [3.05, 3.63) is 16.7 Å². The van der Waals surface area contributed by atoms with E-state index < -0.39 is 0 Å². The van der Waals surface area contributed by atoms with Gasteiger partial charge in [-0.05, 0) is 13.3 Å². The van der Waals surface area contributed by atoms with Crippen LogP contribution in [-0.2, 0) is 4.74 Å². The lowest BCUT2D eigenvalue weighted by Gasteiger charge is -2.15. The lowest BCUT2D eigenvalue weighted by Crippen LogP contribution is -2.23. The van der Waals surface area contributed by atoms with Gasteiger partial charge < -0.3 is 20.8 Å². The molecule has 1 saturated heterocycles. The van der Waals surface area contributed by atoms with Crippen LogP contribution in [-0.4, -0.2) is 29.2 Å². The van der Waals surface area contributed by atoms with Crippen molar-refractivity contribution in [2.45, 2.75) is 19.4 Å². The summed E-state index contributed by atoms with van der Waals surface area (Å²) in [4.78, 5) is 17.6. The number of rotatable bonds is 3. The second kappa shape index (κ2) is 4.52. The predicted octanol–water partition coefficient (Wildman–Crippen LogP) is 0.189. The van der Waals surface area contributed by atoms with Gasteiger partial charge in [0.1, 0.15) is 5.69 Å². The quantitative estimate of drug-likeness (QED) is 0.681. The number of hydrogen-bond acceptors (Lipinski definition) is 5. The van der Waals surface area contributed by atoms with Crippen molar-refractivity contribution in [2.75, 3.05) is 24.2 Å². The Balaban J connectivity index is 1.99. The van der Waals surface area contributed by atoms with Crippen LogP contribution < -0.4 is 16.6 Å². The lowest BCUT2D eigenvalue weighted by atomic mass is 10.0. The maximum atomic E-state index is 11.2. The number of aromatic nitrogens is 2. The maximum Gasteiger partial charge on any atom is 0.276 e. The summed E-state index contributed by atoms with van der Waals surface area (Å²) in [7, 11) is 0. The van der Waals surface area contributed by atoms with E-state index in [-0.39, 0.29) is 17.4 Å². The normalized spacial score (nSPS) is 24.6. The predicted molar refractivity (Wildman–Crippen MR) is 61.3 cm³/mol. The van der Waals surface area contributed by atoms with E-state index in [9.17, 15) is 4.79 Å². The van der Waals surface area contributed by atoms with Gasteiger partial charge in [0.05, 0.1) is 12.4 Å². The van der Waals surface area contributed by atoms with Crippen LogP contribution in [0.2, 0.25) is 0 Å². The molecule has 6 nitrogen and oxygen atoms in total. The highest BCUT2D eigenvalue weighted by atomic mass is 16.5. The third kappa shape index (κ3) is 2.16. The molecule has 1 aromatic heterocycles. The Morgan fingerprint density at radius 3 is 3.25 bits per heavy atom. The van der Waals surface area contributed by atoms with Gasteiger partial charge in [-0.3, -0.25) is 4.79 Å². The molecule has 0 saturated carbocycles. The maximum absolute atomic E-state index is 11.2. The molecule has 0 radical (unpaired) electrons. The van der Waals surface area contributed by atoms with E-state index in [1.54, 1.807) is 0 Å². The smallest absolute Gasteiger partial charge is 0.276 e. The molecule has 0 spiro atoms. The van der Waals surface area contributed by atoms with E-state index in [1.165, 1.54) is 6.33 Å². The molecule has 2 atom stereocenters. The summed E-state index contributed by atoms with van der Waals surface area (Å²) in [5.41, 5.74) is 5.42. The first-order chi connectivity index (χ1) is 7.68. The monoisotopic (exact) mass is 224 g/mol. The first-order valence-corrected chi connectivity index (χ1v) is 5.37. The van der Waals surface area contributed by atoms with Crippen molar-refractivity contribution in [2.24, 2.45) is 5.92 Å². The van der Waals surface area contributed by atoms with Gasteiger partial charge >= 0.3 is 0 Å². The number of nitrogens with one attached hydrogen (secondary N) is 2. The number of nitrogens with two attached hydrogens (primary N) is 1. The van der Waals surface area contributed by atoms with Gasteiger partial charge in [-0.15, -0.1) is 0 Å². The second-order valence-electron chi connectivity index (χ2n) is 4.00. The van der Waals surface area contributed by atoms with Crippen LogP contribution in [0.1, 0.15) is 13.3 Å². The van der Waals surface area contributed by atoms with Crippen LogP contribution in [0, 0.1) is 5.92 Å². The third-order valence-corrected chi connectivity index (χ3v) is 2.95. The van der Waals surface area contributed by atoms with E-state index in [0.29, 0.717) is 11.7 Å². The fourth-order valence-corrected chi connectivity index (χ4v) is 1.82. The molecular formula is C10H16N4O2. The summed E-state index contributed by atoms with van der Waals surface area (Å²) in [5.74, 6) is 0.892. The number of H-pyrrole nitrogens is 1. The van der Waals surface area contributed by atoms with Gasteiger partial charge in [0.25, 0.3) is 5.56 Å². The van der Waals surface area contributed by atoms with E-state index in [2.05, 4.69) is 15.3 Å². The number of nitrogens with zero attached hydrogens (tertiary/aromatic N) is 1. The van der Waals surface area contributed by atoms with Crippen LogP contribution in [0.15, 0.2) is 11.1 Å². The van der Waals surface area contributed by atoms with Gasteiger partial charge in [0, 0.05) is 19.1 Å². The number of aromatic amines is 1. The molecule has 4 N–H and O–H groups in total. The molecule has 1 aliphatic heterocycles. The van der Waals surface area contributed by atoms with Gasteiger partial charge in [0.15, 0.2) is 5.82 Å². The number of ether oxygens (including phenoxy) is 1. The molecule has 1 aliphatic rings. The largest absolute Gasteiger partial charge is 0.391 e. The zero-order chi connectivity index (χ0) is 11.5. The molecule has 1 fully saturated rings. The SMILES string of the molecule is CC1OCCC1CNc1nc[nH]c(=O)c1N. The first-order valence-electron chi connectivity index (χ1n) is 5.37. The highest BCUT2D eigenvalue weighted by molar-refractivity contribution is 5.58. The van der Waals surface area contributed by atoms with Crippen LogP contribution in [0.25, 0.3) is 0 Å². The van der Waals surface area contributed by atoms with E-state index >= 15 is 0 Å². The van der Waals surface area contributed by atoms with Gasteiger partial charge in [-0.25, -0.2) is 4.98 Å². The molecule has 0 amide bonds. The number of hydrogen-bond donors (Lipinski definition) is 3. The Hall–Kier alpha value is -1.56. The zero-order valence-electron chi connectivity index (χ0n) is 9.19. The molecule has 88 valence electrons. The molecule has 6 heteroatoms. The van der Waals surface area contributed by atoms with Crippen molar-refractivity contribution in [1.29, 1.82) is 0 Å². The van der Waals surface area contributed by atoms with Crippen molar-refractivity contribution >= 4 is 11.5 Å². The first kappa shape index (κ1) is 10.9. The summed E-state index contributed by atoms with van der Waals surface area (Å²) in [6.45, 7) is 3.57. The average Bonchev–Trinajstić information content (AvgIpc) is 2.67. The summed E-state index contributed by atoms with van der Waals surface area (Å²) in [6.07, 6.45) is 2.61. The molecule has 1 aromatic rings. The minimum Gasteiger partial charge on any atom is -0.391 e. The average molecular weight is 224 g/mol. The second-order valence-corrected chi connectivity index (χ2v) is 4.00. The fourth-order valence-electron chi connectivity index (χ4n) is 1.82. The summed E-state index contributed by atoms with van der Waals surface area (Å²) >= 11 is 0. The molecular weight excluding hydrogens is 208 g/mol. The van der Waals surface area contributed by atoms with Crippen LogP contribution in [0.5, 0.6) is 0 Å². The summed E-state index contributed by atoms with van der Waals surface area (Å²) in [5, 5.41) is 3.09. The summed E-state index contributed by atoms with van der Waals surface area (Å²) < 4.78 is 5.45. The van der Waals surface area contributed by atoms with Crippen LogP contribution in [0.4, 0.5) is 11.5 Å². The highest BCUT2D eigenvalue weighted by Gasteiger charge is 2.24. The molecule has 0 bridgehead atoms. The Morgan fingerprint density at radius 1 is 1.75 bits per heavy atom. The number of nitrogen functional groups attached to an aromatic ring is 1. The third-order valence-electron chi connectivity index (χ3n) is 2.95. The molecule has 2 rings (SSSR count). The Bertz CT molecular complexity index is 418. The van der Waals surface area contributed by atoms with E-state index in [0.717, 1.165) is 19.6 Å². The standard InChI is InChI=1S/C10H16N4O2/c1-6-7(2-3-16-6)4-12-9-8(11)10(15)14-5-13-9/h5-7H,2-4,11H2,1H3,(H2,12,13,14,15). The van der Waals surface area contributed by atoms with Gasteiger partial charge in [-0.2, -0.15) is 0 Å². The highest BCUT2D eigenvalue weighted by Crippen LogP contribution is 2.21. The Kier molecular flexibility index (Phi) is 3.09. The van der Waals surface area contributed by atoms with Crippen molar-refractivity contribution in [1.82, 2.24) is 9.97 Å². The molecule has 0 aromatic carbocycles. The minimum atomic E-state index is -0.312. The van der Waals surface area contributed by atoms with Crippen LogP contribution in [0.3, 0.4) is 0 Å². The van der Waals surface area contributed by atoms with Crippen LogP contribution >= 0.6 is 0 Å². The zero-order valence-corrected chi connectivity index (χ0v) is 9.19. The van der Waals surface area contributed by atoms with Crippen molar-refractivity contribution < 1.29 is 4.74 Å². The van der Waals surface area contributed by atoms with E-state index in [1.807, 2.05) is 6.92 Å². The van der Waals surface area contributed by atoms with Crippen molar-refractivity contribution in [3.63, 3.8) is 0 Å². The van der Waals surface area contributed by atoms with Gasteiger partial charge in [-0.1, -0.05) is 0 Å². The van der Waals surface area contributed by atoms with E-state index in [4.69, 9.17) is 10.5 Å². The van der Waals surface area contributed by atoms with Gasteiger partial charge in [0.2, 0.25) is 0 Å². The molecule has 16 heavy (non-hydrogen) atoms. The molecule has 2 unspecified atom stereocenters. The number of anilines is 2. The topological polar surface area (TPSA) is 93.0 Å². The molecule has 2 heterocycles.